The van der Waals surface area contributed by atoms with Crippen LogP contribution in [-0.4, -0.2) is 35.4 Å². The van der Waals surface area contributed by atoms with E-state index in [1.807, 2.05) is 12.1 Å². The van der Waals surface area contributed by atoms with Crippen LogP contribution in [0.4, 0.5) is 0 Å². The molecule has 30 heavy (non-hydrogen) atoms. The molecule has 0 spiro atoms. The third-order valence-electron chi connectivity index (χ3n) is 5.24. The quantitative estimate of drug-likeness (QED) is 0.483. The molecule has 2 heterocycles. The van der Waals surface area contributed by atoms with Gasteiger partial charge in [-0.25, -0.2) is 9.78 Å². The summed E-state index contributed by atoms with van der Waals surface area (Å²) < 4.78 is 18.7. The van der Waals surface area contributed by atoms with Crippen LogP contribution in [0.5, 0.6) is 17.2 Å². The van der Waals surface area contributed by atoms with Crippen molar-refractivity contribution in [1.29, 1.82) is 0 Å². The fraction of sp³-hybridized carbons (Fsp3) is 0.227. The highest BCUT2D eigenvalue weighted by molar-refractivity contribution is 6.11. The summed E-state index contributed by atoms with van der Waals surface area (Å²) in [6, 6.07) is 10.7. The molecule has 0 amide bonds. The summed E-state index contributed by atoms with van der Waals surface area (Å²) in [4.78, 5) is 30.7. The first kappa shape index (κ1) is 19.5. The predicted molar refractivity (Wildman–Crippen MR) is 115 cm³/mol. The standard InChI is InChI=1S/C22H21N3O5/c1-24-20-17-15(10-14(29-4)11-16(17)30-5)23-19(12-6-8-13(28-3)9-7-12)18(20)21(26)25(2)22(24)27/h6-11H,1-5H3. The molecule has 0 fully saturated rings. The Balaban J connectivity index is 2.28. The lowest BCUT2D eigenvalue weighted by molar-refractivity contribution is 0.398. The van der Waals surface area contributed by atoms with E-state index in [1.54, 1.807) is 45.5 Å². The number of fused-ring (bicyclic) bond motifs is 3. The average Bonchev–Trinajstić information content (AvgIpc) is 2.79. The minimum atomic E-state index is -0.432. The molecular weight excluding hydrogens is 386 g/mol. The summed E-state index contributed by atoms with van der Waals surface area (Å²) in [5, 5.41) is 0.906. The van der Waals surface area contributed by atoms with Gasteiger partial charge in [0.25, 0.3) is 5.56 Å². The molecule has 0 aliphatic rings. The van der Waals surface area contributed by atoms with E-state index in [-0.39, 0.29) is 0 Å². The molecule has 8 nitrogen and oxygen atoms in total. The van der Waals surface area contributed by atoms with Gasteiger partial charge in [-0.1, -0.05) is 0 Å². The van der Waals surface area contributed by atoms with Crippen LogP contribution < -0.4 is 25.5 Å². The second-order valence-corrected chi connectivity index (χ2v) is 6.84. The van der Waals surface area contributed by atoms with E-state index in [9.17, 15) is 9.59 Å². The van der Waals surface area contributed by atoms with Gasteiger partial charge in [-0.3, -0.25) is 13.9 Å². The van der Waals surface area contributed by atoms with E-state index < -0.39 is 11.2 Å². The molecule has 0 saturated carbocycles. The number of pyridine rings is 1. The van der Waals surface area contributed by atoms with Crippen LogP contribution in [0.15, 0.2) is 46.0 Å². The zero-order chi connectivity index (χ0) is 21.6. The van der Waals surface area contributed by atoms with Crippen LogP contribution in [0.25, 0.3) is 33.1 Å². The lowest BCUT2D eigenvalue weighted by Crippen LogP contribution is -2.37. The summed E-state index contributed by atoms with van der Waals surface area (Å²) in [7, 11) is 7.75. The van der Waals surface area contributed by atoms with Crippen molar-refractivity contribution < 1.29 is 14.2 Å². The van der Waals surface area contributed by atoms with Crippen molar-refractivity contribution in [2.75, 3.05) is 21.3 Å². The van der Waals surface area contributed by atoms with Crippen molar-refractivity contribution in [2.45, 2.75) is 0 Å². The molecule has 0 saturated heterocycles. The Hall–Kier alpha value is -3.81. The number of aryl methyl sites for hydroxylation is 1. The van der Waals surface area contributed by atoms with E-state index in [0.717, 1.165) is 10.1 Å². The summed E-state index contributed by atoms with van der Waals surface area (Å²) >= 11 is 0. The number of benzene rings is 2. The first-order valence-corrected chi connectivity index (χ1v) is 9.21. The van der Waals surface area contributed by atoms with Crippen LogP contribution in [0.1, 0.15) is 0 Å². The average molecular weight is 407 g/mol. The SMILES string of the molecule is COc1ccc(-c2nc3cc(OC)cc(OC)c3c3c2c(=O)n(C)c(=O)n3C)cc1. The minimum absolute atomic E-state index is 0.334. The summed E-state index contributed by atoms with van der Waals surface area (Å²) in [6.07, 6.45) is 0. The molecule has 0 aliphatic heterocycles. The van der Waals surface area contributed by atoms with E-state index in [1.165, 1.54) is 18.7 Å². The number of hydrogen-bond acceptors (Lipinski definition) is 6. The Kier molecular flexibility index (Phi) is 4.69. The molecule has 4 aromatic rings. The highest BCUT2D eigenvalue weighted by atomic mass is 16.5. The number of ether oxygens (including phenoxy) is 3. The van der Waals surface area contributed by atoms with Gasteiger partial charge in [0, 0.05) is 31.8 Å². The summed E-state index contributed by atoms with van der Waals surface area (Å²) in [5.41, 5.74) is 1.34. The normalized spacial score (nSPS) is 11.1. The molecule has 2 aromatic carbocycles. The van der Waals surface area contributed by atoms with Crippen LogP contribution >= 0.6 is 0 Å². The fourth-order valence-electron chi connectivity index (χ4n) is 3.67. The third-order valence-corrected chi connectivity index (χ3v) is 5.24. The molecule has 0 radical (unpaired) electrons. The van der Waals surface area contributed by atoms with Crippen molar-refractivity contribution in [1.82, 2.24) is 14.1 Å². The highest BCUT2D eigenvalue weighted by Crippen LogP contribution is 2.37. The highest BCUT2D eigenvalue weighted by Gasteiger charge is 2.21. The lowest BCUT2D eigenvalue weighted by atomic mass is 10.0. The zero-order valence-electron chi connectivity index (χ0n) is 17.3. The van der Waals surface area contributed by atoms with Crippen LogP contribution in [-0.2, 0) is 14.1 Å². The Morgan fingerprint density at radius 3 is 2.07 bits per heavy atom. The minimum Gasteiger partial charge on any atom is -0.497 e. The van der Waals surface area contributed by atoms with Crippen molar-refractivity contribution in [3.05, 3.63) is 57.2 Å². The van der Waals surface area contributed by atoms with Crippen LogP contribution in [0.3, 0.4) is 0 Å². The number of aromatic nitrogens is 3. The molecule has 0 unspecified atom stereocenters. The molecule has 0 bridgehead atoms. The molecule has 0 N–H and O–H groups in total. The maximum absolute atomic E-state index is 13.2. The summed E-state index contributed by atoms with van der Waals surface area (Å²) in [6.45, 7) is 0. The van der Waals surface area contributed by atoms with Crippen molar-refractivity contribution in [2.24, 2.45) is 14.1 Å². The maximum Gasteiger partial charge on any atom is 0.330 e. The Bertz CT molecular complexity index is 1400. The summed E-state index contributed by atoms with van der Waals surface area (Å²) in [5.74, 6) is 1.71. The number of methoxy groups -OCH3 is 3. The van der Waals surface area contributed by atoms with Gasteiger partial charge < -0.3 is 14.2 Å². The molecule has 0 aliphatic carbocycles. The van der Waals surface area contributed by atoms with Crippen molar-refractivity contribution in [3.63, 3.8) is 0 Å². The van der Waals surface area contributed by atoms with E-state index in [2.05, 4.69) is 0 Å². The first-order chi connectivity index (χ1) is 14.4. The van der Waals surface area contributed by atoms with E-state index in [4.69, 9.17) is 19.2 Å². The number of nitrogens with zero attached hydrogens (tertiary/aromatic N) is 3. The lowest BCUT2D eigenvalue weighted by Gasteiger charge is -2.16. The van der Waals surface area contributed by atoms with Gasteiger partial charge in [-0.05, 0) is 24.3 Å². The van der Waals surface area contributed by atoms with Gasteiger partial charge >= 0.3 is 5.69 Å². The maximum atomic E-state index is 13.2. The van der Waals surface area contributed by atoms with Gasteiger partial charge in [-0.2, -0.15) is 0 Å². The smallest absolute Gasteiger partial charge is 0.330 e. The van der Waals surface area contributed by atoms with Gasteiger partial charge in [0.15, 0.2) is 0 Å². The van der Waals surface area contributed by atoms with Crippen molar-refractivity contribution in [3.8, 4) is 28.5 Å². The van der Waals surface area contributed by atoms with Crippen molar-refractivity contribution >= 4 is 21.8 Å². The zero-order valence-corrected chi connectivity index (χ0v) is 17.3. The molecule has 154 valence electrons. The number of hydrogen-bond donors (Lipinski definition) is 0. The molecular formula is C22H21N3O5. The van der Waals surface area contributed by atoms with Gasteiger partial charge in [0.1, 0.15) is 17.2 Å². The van der Waals surface area contributed by atoms with Gasteiger partial charge in [-0.15, -0.1) is 0 Å². The monoisotopic (exact) mass is 407 g/mol. The second kappa shape index (κ2) is 7.22. The van der Waals surface area contributed by atoms with E-state index >= 15 is 0 Å². The van der Waals surface area contributed by atoms with Gasteiger partial charge in [0.2, 0.25) is 0 Å². The van der Waals surface area contributed by atoms with E-state index in [0.29, 0.717) is 44.7 Å². The Labute approximate surface area is 171 Å². The molecule has 4 rings (SSSR count). The molecule has 8 heteroatoms. The third kappa shape index (κ3) is 2.80. The topological polar surface area (TPSA) is 84.6 Å². The van der Waals surface area contributed by atoms with Crippen LogP contribution in [0, 0.1) is 0 Å². The second-order valence-electron chi connectivity index (χ2n) is 6.84. The first-order valence-electron chi connectivity index (χ1n) is 9.21. The van der Waals surface area contributed by atoms with Gasteiger partial charge in [0.05, 0.1) is 48.8 Å². The fourth-order valence-corrected chi connectivity index (χ4v) is 3.67. The number of rotatable bonds is 4. The Morgan fingerprint density at radius 2 is 1.47 bits per heavy atom. The molecule has 2 aromatic heterocycles. The largest absolute Gasteiger partial charge is 0.497 e. The molecule has 0 atom stereocenters. The predicted octanol–water partition coefficient (Wildman–Crippen LogP) is 2.48. The Morgan fingerprint density at radius 1 is 0.800 bits per heavy atom. The van der Waals surface area contributed by atoms with Crippen LogP contribution in [0.2, 0.25) is 0 Å².